The van der Waals surface area contributed by atoms with Gasteiger partial charge in [0.25, 0.3) is 0 Å². The van der Waals surface area contributed by atoms with Crippen molar-refractivity contribution >= 4 is 11.6 Å². The predicted molar refractivity (Wildman–Crippen MR) is 87.2 cm³/mol. The van der Waals surface area contributed by atoms with Crippen LogP contribution in [-0.2, 0) is 18.3 Å². The fourth-order valence-corrected chi connectivity index (χ4v) is 2.50. The van der Waals surface area contributed by atoms with Crippen molar-refractivity contribution in [2.45, 2.75) is 33.6 Å². The van der Waals surface area contributed by atoms with E-state index >= 15 is 0 Å². The highest BCUT2D eigenvalue weighted by Gasteiger charge is 2.13. The summed E-state index contributed by atoms with van der Waals surface area (Å²) in [4.78, 5) is 12.2. The molecule has 1 heterocycles. The lowest BCUT2D eigenvalue weighted by atomic mass is 10.1. The summed E-state index contributed by atoms with van der Waals surface area (Å²) in [5, 5.41) is 7.12. The summed E-state index contributed by atoms with van der Waals surface area (Å²) in [5.41, 5.74) is 3.58. The number of aryl methyl sites for hydroxylation is 2. The quantitative estimate of drug-likeness (QED) is 0.890. The largest absolute Gasteiger partial charge is 0.492 e. The van der Waals surface area contributed by atoms with Crippen molar-refractivity contribution in [3.05, 3.63) is 41.0 Å². The van der Waals surface area contributed by atoms with Gasteiger partial charge in [0.15, 0.2) is 0 Å². The molecule has 0 unspecified atom stereocenters. The van der Waals surface area contributed by atoms with Gasteiger partial charge in [0.1, 0.15) is 11.6 Å². The number of ether oxygens (including phenoxy) is 1. The third-order valence-electron chi connectivity index (χ3n) is 3.78. The second-order valence-electron chi connectivity index (χ2n) is 5.39. The maximum atomic E-state index is 13.3. The van der Waals surface area contributed by atoms with Gasteiger partial charge in [0.2, 0.25) is 5.91 Å². The minimum Gasteiger partial charge on any atom is -0.492 e. The molecule has 0 atom stereocenters. The highest BCUT2D eigenvalue weighted by molar-refractivity contribution is 5.92. The molecule has 0 aliphatic heterocycles. The smallest absolute Gasteiger partial charge is 0.224 e. The molecule has 23 heavy (non-hydrogen) atoms. The van der Waals surface area contributed by atoms with Crippen LogP contribution in [0.3, 0.4) is 0 Å². The Labute approximate surface area is 135 Å². The summed E-state index contributed by atoms with van der Waals surface area (Å²) in [6, 6.07) is 4.08. The van der Waals surface area contributed by atoms with E-state index in [1.165, 1.54) is 18.2 Å². The summed E-state index contributed by atoms with van der Waals surface area (Å²) in [5.74, 6) is -0.192. The van der Waals surface area contributed by atoms with Gasteiger partial charge in [-0.15, -0.1) is 0 Å². The molecule has 0 fully saturated rings. The summed E-state index contributed by atoms with van der Waals surface area (Å²) in [6.07, 6.45) is 0.943. The Balaban J connectivity index is 2.02. The van der Waals surface area contributed by atoms with Crippen LogP contribution in [0.1, 0.15) is 30.3 Å². The number of benzene rings is 1. The molecule has 0 aliphatic carbocycles. The molecule has 5 nitrogen and oxygen atoms in total. The Bertz CT molecular complexity index is 710. The lowest BCUT2D eigenvalue weighted by molar-refractivity contribution is -0.116. The van der Waals surface area contributed by atoms with Crippen molar-refractivity contribution in [3.63, 3.8) is 0 Å². The molecule has 2 rings (SSSR count). The van der Waals surface area contributed by atoms with Gasteiger partial charge >= 0.3 is 0 Å². The molecular formula is C17H22FN3O2. The number of nitrogens with one attached hydrogen (secondary N) is 1. The molecule has 0 spiro atoms. The van der Waals surface area contributed by atoms with Crippen LogP contribution in [0, 0.1) is 19.7 Å². The molecule has 0 radical (unpaired) electrons. The summed E-state index contributed by atoms with van der Waals surface area (Å²) >= 11 is 0. The zero-order valence-corrected chi connectivity index (χ0v) is 13.9. The topological polar surface area (TPSA) is 56.1 Å². The number of carbonyl (C=O) groups is 1. The number of aromatic nitrogens is 2. The van der Waals surface area contributed by atoms with E-state index in [0.29, 0.717) is 30.9 Å². The Morgan fingerprint density at radius 1 is 1.39 bits per heavy atom. The molecule has 0 bridgehead atoms. The van der Waals surface area contributed by atoms with Gasteiger partial charge in [0.05, 0.1) is 18.0 Å². The first-order chi connectivity index (χ1) is 10.9. The van der Waals surface area contributed by atoms with Crippen molar-refractivity contribution in [1.29, 1.82) is 0 Å². The molecule has 0 aliphatic rings. The van der Waals surface area contributed by atoms with E-state index in [4.69, 9.17) is 4.74 Å². The number of carbonyl (C=O) groups excluding carboxylic acids is 1. The van der Waals surface area contributed by atoms with Gasteiger partial charge in [-0.2, -0.15) is 5.10 Å². The van der Waals surface area contributed by atoms with Crippen molar-refractivity contribution < 1.29 is 13.9 Å². The number of anilines is 1. The van der Waals surface area contributed by atoms with Crippen LogP contribution in [0.5, 0.6) is 5.75 Å². The Morgan fingerprint density at radius 2 is 2.13 bits per heavy atom. The highest BCUT2D eigenvalue weighted by Crippen LogP contribution is 2.25. The number of amides is 1. The maximum Gasteiger partial charge on any atom is 0.224 e. The van der Waals surface area contributed by atoms with Gasteiger partial charge < -0.3 is 10.1 Å². The minimum absolute atomic E-state index is 0.139. The van der Waals surface area contributed by atoms with Crippen LogP contribution in [0.25, 0.3) is 0 Å². The number of hydrogen-bond donors (Lipinski definition) is 1. The fourth-order valence-electron chi connectivity index (χ4n) is 2.50. The lowest BCUT2D eigenvalue weighted by Gasteiger charge is -2.11. The molecule has 0 saturated carbocycles. The van der Waals surface area contributed by atoms with Crippen molar-refractivity contribution in [3.8, 4) is 5.75 Å². The van der Waals surface area contributed by atoms with Gasteiger partial charge in [-0.25, -0.2) is 4.39 Å². The molecular weight excluding hydrogens is 297 g/mol. The number of hydrogen-bond acceptors (Lipinski definition) is 3. The average molecular weight is 319 g/mol. The van der Waals surface area contributed by atoms with Crippen LogP contribution >= 0.6 is 0 Å². The van der Waals surface area contributed by atoms with E-state index < -0.39 is 5.82 Å². The first kappa shape index (κ1) is 17.0. The zero-order valence-electron chi connectivity index (χ0n) is 13.9. The molecule has 1 aromatic heterocycles. The van der Waals surface area contributed by atoms with Crippen LogP contribution in [0.15, 0.2) is 18.2 Å². The SMILES string of the molecule is CCOc1cc(F)ccc1NC(=O)CCc1c(C)nn(C)c1C. The fraction of sp³-hybridized carbons (Fsp3) is 0.412. The predicted octanol–water partition coefficient (Wildman–Crippen LogP) is 3.15. The molecule has 124 valence electrons. The third-order valence-corrected chi connectivity index (χ3v) is 3.78. The summed E-state index contributed by atoms with van der Waals surface area (Å²) in [7, 11) is 1.89. The van der Waals surface area contributed by atoms with Crippen molar-refractivity contribution in [2.75, 3.05) is 11.9 Å². The van der Waals surface area contributed by atoms with Gasteiger partial charge in [0, 0.05) is 25.2 Å². The highest BCUT2D eigenvalue weighted by atomic mass is 19.1. The van der Waals surface area contributed by atoms with Crippen molar-refractivity contribution in [1.82, 2.24) is 9.78 Å². The monoisotopic (exact) mass is 319 g/mol. The van der Waals surface area contributed by atoms with E-state index in [-0.39, 0.29) is 5.91 Å². The Morgan fingerprint density at radius 3 is 2.74 bits per heavy atom. The summed E-state index contributed by atoms with van der Waals surface area (Å²) < 4.78 is 20.4. The minimum atomic E-state index is -0.395. The van der Waals surface area contributed by atoms with E-state index in [0.717, 1.165) is 17.0 Å². The normalized spacial score (nSPS) is 10.7. The average Bonchev–Trinajstić information content (AvgIpc) is 2.73. The number of rotatable bonds is 6. The Kier molecular flexibility index (Phi) is 5.36. The molecule has 0 saturated heterocycles. The number of nitrogens with zero attached hydrogens (tertiary/aromatic N) is 2. The van der Waals surface area contributed by atoms with Crippen LogP contribution < -0.4 is 10.1 Å². The van der Waals surface area contributed by atoms with Crippen LogP contribution in [0.2, 0.25) is 0 Å². The van der Waals surface area contributed by atoms with E-state index in [9.17, 15) is 9.18 Å². The standard InChI is InChI=1S/C17H22FN3O2/c1-5-23-16-10-13(18)6-8-15(16)19-17(22)9-7-14-11(2)20-21(4)12(14)3/h6,8,10H,5,7,9H2,1-4H3,(H,19,22). The molecule has 6 heteroatoms. The molecule has 2 aromatic rings. The van der Waals surface area contributed by atoms with E-state index in [1.807, 2.05) is 32.5 Å². The molecule has 1 aromatic carbocycles. The summed E-state index contributed by atoms with van der Waals surface area (Å²) in [6.45, 7) is 6.14. The van der Waals surface area contributed by atoms with Crippen LogP contribution in [-0.4, -0.2) is 22.3 Å². The van der Waals surface area contributed by atoms with Gasteiger partial charge in [-0.1, -0.05) is 0 Å². The number of halogens is 1. The second-order valence-corrected chi connectivity index (χ2v) is 5.39. The maximum absolute atomic E-state index is 13.3. The second kappa shape index (κ2) is 7.26. The first-order valence-electron chi connectivity index (χ1n) is 7.63. The molecule has 1 N–H and O–H groups in total. The van der Waals surface area contributed by atoms with Crippen LogP contribution in [0.4, 0.5) is 10.1 Å². The third kappa shape index (κ3) is 4.09. The van der Waals surface area contributed by atoms with Gasteiger partial charge in [-0.3, -0.25) is 9.48 Å². The first-order valence-corrected chi connectivity index (χ1v) is 7.63. The Hall–Kier alpha value is -2.37. The lowest BCUT2D eigenvalue weighted by Crippen LogP contribution is -2.14. The van der Waals surface area contributed by atoms with E-state index in [1.54, 1.807) is 0 Å². The molecule has 1 amide bonds. The van der Waals surface area contributed by atoms with Crippen molar-refractivity contribution in [2.24, 2.45) is 7.05 Å². The zero-order chi connectivity index (χ0) is 17.0. The van der Waals surface area contributed by atoms with E-state index in [2.05, 4.69) is 10.4 Å². The van der Waals surface area contributed by atoms with Gasteiger partial charge in [-0.05, 0) is 44.9 Å².